The van der Waals surface area contributed by atoms with Crippen LogP contribution < -0.4 is 0 Å². The van der Waals surface area contributed by atoms with Gasteiger partial charge in [-0.3, -0.25) is 4.90 Å². The predicted molar refractivity (Wildman–Crippen MR) is 104 cm³/mol. The number of ether oxygens (including phenoxy) is 1. The second-order valence-corrected chi connectivity index (χ2v) is 6.58. The zero-order valence-electron chi connectivity index (χ0n) is 15.4. The van der Waals surface area contributed by atoms with E-state index in [4.69, 9.17) is 4.74 Å². The molecule has 2 heteroatoms. The quantitative estimate of drug-likeness (QED) is 0.483. The van der Waals surface area contributed by atoms with Gasteiger partial charge in [-0.1, -0.05) is 55.0 Å². The van der Waals surface area contributed by atoms with Crippen LogP contribution in [0, 0.1) is 0 Å². The topological polar surface area (TPSA) is 12.5 Å². The number of allylic oxidation sites excluding steroid dienone is 7. The van der Waals surface area contributed by atoms with Crippen molar-refractivity contribution in [2.45, 2.75) is 45.6 Å². The van der Waals surface area contributed by atoms with Gasteiger partial charge in [0.05, 0.1) is 7.11 Å². The zero-order valence-corrected chi connectivity index (χ0v) is 15.4. The molecule has 2 rings (SSSR count). The van der Waals surface area contributed by atoms with Crippen LogP contribution in [0.3, 0.4) is 0 Å². The Balaban J connectivity index is 2.22. The van der Waals surface area contributed by atoms with E-state index in [1.54, 1.807) is 7.11 Å². The van der Waals surface area contributed by atoms with Crippen molar-refractivity contribution in [1.82, 2.24) is 4.90 Å². The van der Waals surface area contributed by atoms with Crippen LogP contribution in [0.4, 0.5) is 0 Å². The van der Waals surface area contributed by atoms with E-state index in [2.05, 4.69) is 47.9 Å². The molecule has 1 heterocycles. The Morgan fingerprint density at radius 1 is 1.38 bits per heavy atom. The van der Waals surface area contributed by atoms with E-state index < -0.39 is 0 Å². The Morgan fingerprint density at radius 3 is 2.92 bits per heavy atom. The van der Waals surface area contributed by atoms with Crippen LogP contribution in [-0.2, 0) is 4.74 Å². The van der Waals surface area contributed by atoms with Crippen LogP contribution in [0.15, 0.2) is 71.6 Å². The highest BCUT2D eigenvalue weighted by Gasteiger charge is 2.26. The van der Waals surface area contributed by atoms with Gasteiger partial charge in [-0.05, 0) is 51.3 Å². The molecule has 0 saturated carbocycles. The fraction of sp³-hybridized carbons (Fsp3) is 0.455. The lowest BCUT2D eigenvalue weighted by Gasteiger charge is -2.37. The second kappa shape index (κ2) is 9.48. The fourth-order valence-corrected chi connectivity index (χ4v) is 3.55. The van der Waals surface area contributed by atoms with Crippen molar-refractivity contribution in [2.24, 2.45) is 0 Å². The first kappa shape index (κ1) is 18.5. The number of rotatable bonds is 6. The highest BCUT2D eigenvalue weighted by atomic mass is 16.5. The maximum absolute atomic E-state index is 5.59. The number of methoxy groups -OCH3 is 1. The molecule has 0 N–H and O–H groups in total. The molecule has 1 aliphatic heterocycles. The summed E-state index contributed by atoms with van der Waals surface area (Å²) in [5.41, 5.74) is 3.73. The normalized spacial score (nSPS) is 23.0. The molecule has 24 heavy (non-hydrogen) atoms. The standard InChI is InChI=1S/C22H31NO/c1-5-22(24-4)20(16-18(2)3)17-23-15-11-10-14-21(23)19-12-8-6-7-9-13-19/h5-8,12-13,16,21H,2,9-11,14-15,17H2,1,3-4H3/b20-16-,22-5+. The van der Waals surface area contributed by atoms with Gasteiger partial charge in [0.1, 0.15) is 5.76 Å². The van der Waals surface area contributed by atoms with Gasteiger partial charge in [0, 0.05) is 18.2 Å². The molecule has 130 valence electrons. The van der Waals surface area contributed by atoms with Crippen LogP contribution >= 0.6 is 0 Å². The SMILES string of the molecule is C=C(C)/C=C(CN1CCCCC1C1=CCC=CC=C1)\C(=C/C)OC. The van der Waals surface area contributed by atoms with E-state index in [1.165, 1.54) is 30.4 Å². The van der Waals surface area contributed by atoms with E-state index in [-0.39, 0.29) is 0 Å². The summed E-state index contributed by atoms with van der Waals surface area (Å²) >= 11 is 0. The van der Waals surface area contributed by atoms with E-state index in [0.29, 0.717) is 6.04 Å². The molecule has 1 fully saturated rings. The first-order valence-electron chi connectivity index (χ1n) is 8.99. The number of nitrogens with zero attached hydrogens (tertiary/aromatic N) is 1. The average molecular weight is 325 g/mol. The van der Waals surface area contributed by atoms with Crippen molar-refractivity contribution >= 4 is 0 Å². The van der Waals surface area contributed by atoms with E-state index >= 15 is 0 Å². The molecule has 1 saturated heterocycles. The molecule has 2 nitrogen and oxygen atoms in total. The summed E-state index contributed by atoms with van der Waals surface area (Å²) < 4.78 is 5.59. The number of likely N-dealkylation sites (tertiary alicyclic amines) is 1. The summed E-state index contributed by atoms with van der Waals surface area (Å²) in [7, 11) is 1.75. The number of hydrogen-bond acceptors (Lipinski definition) is 2. The average Bonchev–Trinajstić information content (AvgIpc) is 2.85. The molecular formula is C22H31NO. The highest BCUT2D eigenvalue weighted by Crippen LogP contribution is 2.27. The van der Waals surface area contributed by atoms with Gasteiger partial charge in [0.25, 0.3) is 0 Å². The maximum Gasteiger partial charge on any atom is 0.119 e. The Morgan fingerprint density at radius 2 is 2.21 bits per heavy atom. The summed E-state index contributed by atoms with van der Waals surface area (Å²) in [4.78, 5) is 2.60. The largest absolute Gasteiger partial charge is 0.497 e. The Bertz CT molecular complexity index is 589. The third-order valence-corrected chi connectivity index (χ3v) is 4.62. The second-order valence-electron chi connectivity index (χ2n) is 6.58. The lowest BCUT2D eigenvalue weighted by Crippen LogP contribution is -2.41. The third-order valence-electron chi connectivity index (χ3n) is 4.62. The van der Waals surface area contributed by atoms with Crippen molar-refractivity contribution in [1.29, 1.82) is 0 Å². The maximum atomic E-state index is 5.59. The zero-order chi connectivity index (χ0) is 17.4. The Kier molecular flexibility index (Phi) is 7.33. The van der Waals surface area contributed by atoms with Gasteiger partial charge in [0.2, 0.25) is 0 Å². The van der Waals surface area contributed by atoms with Crippen molar-refractivity contribution in [2.75, 3.05) is 20.2 Å². The minimum atomic E-state index is 0.499. The summed E-state index contributed by atoms with van der Waals surface area (Å²) in [6.45, 7) is 10.2. The lowest BCUT2D eigenvalue weighted by atomic mass is 9.93. The number of piperidine rings is 1. The molecule has 0 spiro atoms. The Labute approximate surface area is 147 Å². The van der Waals surface area contributed by atoms with Crippen LogP contribution in [0.25, 0.3) is 0 Å². The summed E-state index contributed by atoms with van der Waals surface area (Å²) in [6, 6.07) is 0.499. The first-order valence-corrected chi connectivity index (χ1v) is 8.99. The van der Waals surface area contributed by atoms with E-state index in [9.17, 15) is 0 Å². The molecule has 0 bridgehead atoms. The molecule has 2 aliphatic rings. The van der Waals surface area contributed by atoms with Crippen molar-refractivity contribution in [3.8, 4) is 0 Å². The lowest BCUT2D eigenvalue weighted by molar-refractivity contribution is 0.183. The van der Waals surface area contributed by atoms with Crippen LogP contribution in [0.1, 0.15) is 39.5 Å². The van der Waals surface area contributed by atoms with Crippen molar-refractivity contribution < 1.29 is 4.74 Å². The molecule has 0 aromatic heterocycles. The van der Waals surface area contributed by atoms with Crippen LogP contribution in [0.5, 0.6) is 0 Å². The van der Waals surface area contributed by atoms with Crippen LogP contribution in [0.2, 0.25) is 0 Å². The summed E-state index contributed by atoms with van der Waals surface area (Å²) in [5.74, 6) is 0.953. The minimum Gasteiger partial charge on any atom is -0.497 e. The monoisotopic (exact) mass is 325 g/mol. The highest BCUT2D eigenvalue weighted by molar-refractivity contribution is 5.35. The predicted octanol–water partition coefficient (Wildman–Crippen LogP) is 5.34. The smallest absolute Gasteiger partial charge is 0.119 e. The fourth-order valence-electron chi connectivity index (χ4n) is 3.55. The third kappa shape index (κ3) is 5.10. The van der Waals surface area contributed by atoms with E-state index in [0.717, 1.165) is 30.8 Å². The van der Waals surface area contributed by atoms with E-state index in [1.807, 2.05) is 19.9 Å². The molecule has 0 aromatic rings. The van der Waals surface area contributed by atoms with Gasteiger partial charge in [-0.2, -0.15) is 0 Å². The van der Waals surface area contributed by atoms with Crippen molar-refractivity contribution in [3.63, 3.8) is 0 Å². The van der Waals surface area contributed by atoms with Gasteiger partial charge < -0.3 is 4.74 Å². The molecule has 1 unspecified atom stereocenters. The molecule has 0 radical (unpaired) electrons. The van der Waals surface area contributed by atoms with Gasteiger partial charge in [-0.15, -0.1) is 0 Å². The molecule has 1 aliphatic carbocycles. The van der Waals surface area contributed by atoms with Gasteiger partial charge in [0.15, 0.2) is 0 Å². The summed E-state index contributed by atoms with van der Waals surface area (Å²) in [6.07, 6.45) is 20.2. The molecular weight excluding hydrogens is 294 g/mol. The van der Waals surface area contributed by atoms with Crippen LogP contribution in [-0.4, -0.2) is 31.1 Å². The minimum absolute atomic E-state index is 0.499. The molecule has 1 atom stereocenters. The molecule has 0 amide bonds. The Hall–Kier alpha value is -1.80. The van der Waals surface area contributed by atoms with Gasteiger partial charge >= 0.3 is 0 Å². The molecule has 0 aromatic carbocycles. The van der Waals surface area contributed by atoms with Crippen molar-refractivity contribution in [3.05, 3.63) is 71.6 Å². The number of hydrogen-bond donors (Lipinski definition) is 0. The summed E-state index contributed by atoms with van der Waals surface area (Å²) in [5, 5.41) is 0. The van der Waals surface area contributed by atoms with Gasteiger partial charge in [-0.25, -0.2) is 0 Å². The first-order chi connectivity index (χ1) is 11.7.